The van der Waals surface area contributed by atoms with E-state index in [9.17, 15) is 0 Å². The molecule has 1 saturated carbocycles. The Bertz CT molecular complexity index is 434. The first-order chi connectivity index (χ1) is 8.21. The van der Waals surface area contributed by atoms with E-state index in [1.165, 1.54) is 19.3 Å². The third kappa shape index (κ3) is 1.76. The van der Waals surface area contributed by atoms with Gasteiger partial charge in [0, 0.05) is 18.8 Å². The summed E-state index contributed by atoms with van der Waals surface area (Å²) in [6, 6.07) is 1.87. The molecular weight excluding hydrogens is 238 g/mol. The van der Waals surface area contributed by atoms with Gasteiger partial charge in [-0.25, -0.2) is 4.98 Å². The second-order valence-electron chi connectivity index (χ2n) is 4.85. The number of nitrogens with two attached hydrogens (primary N) is 1. The van der Waals surface area contributed by atoms with Crippen molar-refractivity contribution in [2.75, 3.05) is 30.4 Å². The molecule has 1 aromatic rings. The maximum absolute atomic E-state index is 5.91. The molecule has 1 saturated heterocycles. The van der Waals surface area contributed by atoms with Gasteiger partial charge in [0.2, 0.25) is 0 Å². The summed E-state index contributed by atoms with van der Waals surface area (Å²) < 4.78 is 5.61. The Morgan fingerprint density at radius 1 is 1.47 bits per heavy atom. The van der Waals surface area contributed by atoms with Gasteiger partial charge in [0.1, 0.15) is 5.82 Å². The molecule has 0 bridgehead atoms. The summed E-state index contributed by atoms with van der Waals surface area (Å²) in [6.45, 7) is 2.44. The van der Waals surface area contributed by atoms with Gasteiger partial charge in [-0.05, 0) is 19.3 Å². The summed E-state index contributed by atoms with van der Waals surface area (Å²) in [4.78, 5) is 6.74. The number of morpholine rings is 1. The number of anilines is 2. The van der Waals surface area contributed by atoms with Gasteiger partial charge in [-0.2, -0.15) is 0 Å². The lowest BCUT2D eigenvalue weighted by Crippen LogP contribution is -2.61. The highest BCUT2D eigenvalue weighted by atomic mass is 35.5. The number of aromatic nitrogens is 1. The van der Waals surface area contributed by atoms with Crippen LogP contribution in [0.4, 0.5) is 11.5 Å². The van der Waals surface area contributed by atoms with Crippen molar-refractivity contribution in [3.63, 3.8) is 0 Å². The first kappa shape index (κ1) is 11.1. The number of hydrogen-bond donors (Lipinski definition) is 1. The largest absolute Gasteiger partial charge is 0.397 e. The van der Waals surface area contributed by atoms with E-state index in [2.05, 4.69) is 9.88 Å². The van der Waals surface area contributed by atoms with Gasteiger partial charge in [0.25, 0.3) is 0 Å². The molecule has 0 radical (unpaired) electrons. The summed E-state index contributed by atoms with van der Waals surface area (Å²) in [7, 11) is 0. The van der Waals surface area contributed by atoms with Crippen molar-refractivity contribution in [1.29, 1.82) is 0 Å². The topological polar surface area (TPSA) is 51.4 Å². The quantitative estimate of drug-likeness (QED) is 0.833. The molecule has 5 heteroatoms. The normalized spacial score (nSPS) is 22.5. The standard InChI is InChI=1S/C12H16ClN3O/c13-9-7-15-11(6-10(9)14)16-4-5-17-8-12(16)2-1-3-12/h6-7H,1-5,8H2,(H2,14,15). The van der Waals surface area contributed by atoms with Crippen molar-refractivity contribution >= 4 is 23.1 Å². The summed E-state index contributed by atoms with van der Waals surface area (Å²) in [6.07, 6.45) is 5.26. The average Bonchev–Trinajstić information content (AvgIpc) is 2.31. The zero-order chi connectivity index (χ0) is 11.9. The minimum absolute atomic E-state index is 0.158. The fourth-order valence-electron chi connectivity index (χ4n) is 2.68. The van der Waals surface area contributed by atoms with Crippen molar-refractivity contribution in [2.45, 2.75) is 24.8 Å². The van der Waals surface area contributed by atoms with Crippen LogP contribution >= 0.6 is 11.6 Å². The van der Waals surface area contributed by atoms with Crippen LogP contribution in [0.25, 0.3) is 0 Å². The summed E-state index contributed by atoms with van der Waals surface area (Å²) >= 11 is 5.91. The number of hydrogen-bond acceptors (Lipinski definition) is 4. The molecule has 0 atom stereocenters. The Hall–Kier alpha value is -1.00. The van der Waals surface area contributed by atoms with Crippen molar-refractivity contribution in [2.24, 2.45) is 0 Å². The maximum Gasteiger partial charge on any atom is 0.131 e. The summed E-state index contributed by atoms with van der Waals surface area (Å²) in [5, 5.41) is 0.518. The molecule has 1 aliphatic carbocycles. The molecule has 2 N–H and O–H groups in total. The average molecular weight is 254 g/mol. The Labute approximate surface area is 106 Å². The zero-order valence-electron chi connectivity index (χ0n) is 9.66. The highest BCUT2D eigenvalue weighted by molar-refractivity contribution is 6.32. The molecule has 3 rings (SSSR count). The van der Waals surface area contributed by atoms with Gasteiger partial charge < -0.3 is 15.4 Å². The maximum atomic E-state index is 5.91. The van der Waals surface area contributed by atoms with Gasteiger partial charge in [-0.15, -0.1) is 0 Å². The summed E-state index contributed by atoms with van der Waals surface area (Å²) in [5.41, 5.74) is 6.60. The highest BCUT2D eigenvalue weighted by Crippen LogP contribution is 2.42. The number of pyridine rings is 1. The minimum Gasteiger partial charge on any atom is -0.397 e. The predicted molar refractivity (Wildman–Crippen MR) is 68.4 cm³/mol. The molecule has 1 spiro atoms. The van der Waals surface area contributed by atoms with Crippen molar-refractivity contribution in [1.82, 2.24) is 4.98 Å². The molecule has 17 heavy (non-hydrogen) atoms. The van der Waals surface area contributed by atoms with Crippen molar-refractivity contribution in [3.8, 4) is 0 Å². The molecule has 1 aromatic heterocycles. The predicted octanol–water partition coefficient (Wildman–Crippen LogP) is 2.08. The molecule has 1 aliphatic heterocycles. The third-order valence-corrected chi connectivity index (χ3v) is 4.15. The Morgan fingerprint density at radius 2 is 2.29 bits per heavy atom. The second-order valence-corrected chi connectivity index (χ2v) is 5.25. The zero-order valence-corrected chi connectivity index (χ0v) is 10.4. The lowest BCUT2D eigenvalue weighted by molar-refractivity contribution is 0.0129. The van der Waals surface area contributed by atoms with Crippen LogP contribution in [0, 0.1) is 0 Å². The van der Waals surface area contributed by atoms with Crippen LogP contribution in [0.2, 0.25) is 5.02 Å². The van der Waals surface area contributed by atoms with E-state index in [0.717, 1.165) is 25.6 Å². The lowest BCUT2D eigenvalue weighted by atomic mass is 9.75. The fraction of sp³-hybridized carbons (Fsp3) is 0.583. The van der Waals surface area contributed by atoms with Crippen LogP contribution in [0.3, 0.4) is 0 Å². The van der Waals surface area contributed by atoms with Crippen LogP contribution in [-0.4, -0.2) is 30.3 Å². The molecule has 2 heterocycles. The number of nitrogens with zero attached hydrogens (tertiary/aromatic N) is 2. The third-order valence-electron chi connectivity index (χ3n) is 3.83. The SMILES string of the molecule is Nc1cc(N2CCOCC23CCC3)ncc1Cl. The first-order valence-electron chi connectivity index (χ1n) is 5.98. The van der Waals surface area contributed by atoms with E-state index < -0.39 is 0 Å². The van der Waals surface area contributed by atoms with Crippen LogP contribution in [-0.2, 0) is 4.74 Å². The van der Waals surface area contributed by atoms with Gasteiger partial charge in [-0.3, -0.25) is 0 Å². The van der Waals surface area contributed by atoms with Crippen LogP contribution < -0.4 is 10.6 Å². The molecule has 2 aliphatic rings. The molecule has 0 amide bonds. The van der Waals surface area contributed by atoms with Crippen molar-refractivity contribution < 1.29 is 4.74 Å². The molecule has 0 unspecified atom stereocenters. The van der Waals surface area contributed by atoms with Crippen LogP contribution in [0.5, 0.6) is 0 Å². The monoisotopic (exact) mass is 253 g/mol. The molecule has 0 aromatic carbocycles. The van der Waals surface area contributed by atoms with Crippen LogP contribution in [0.15, 0.2) is 12.3 Å². The van der Waals surface area contributed by atoms with Crippen molar-refractivity contribution in [3.05, 3.63) is 17.3 Å². The van der Waals surface area contributed by atoms with E-state index in [0.29, 0.717) is 10.7 Å². The summed E-state index contributed by atoms with van der Waals surface area (Å²) in [5.74, 6) is 0.926. The molecule has 92 valence electrons. The minimum atomic E-state index is 0.158. The smallest absolute Gasteiger partial charge is 0.131 e. The number of ether oxygens (including phenoxy) is 1. The van der Waals surface area contributed by atoms with E-state index in [-0.39, 0.29) is 5.54 Å². The molecular formula is C12H16ClN3O. The van der Waals surface area contributed by atoms with Gasteiger partial charge in [0.05, 0.1) is 29.5 Å². The Balaban J connectivity index is 1.93. The van der Waals surface area contributed by atoms with Gasteiger partial charge >= 0.3 is 0 Å². The Morgan fingerprint density at radius 3 is 2.94 bits per heavy atom. The Kier molecular flexibility index (Phi) is 2.64. The number of halogens is 1. The second kappa shape index (κ2) is 4.03. The van der Waals surface area contributed by atoms with Gasteiger partial charge in [-0.1, -0.05) is 11.6 Å². The highest BCUT2D eigenvalue weighted by Gasteiger charge is 2.45. The van der Waals surface area contributed by atoms with E-state index >= 15 is 0 Å². The van der Waals surface area contributed by atoms with Crippen LogP contribution in [0.1, 0.15) is 19.3 Å². The molecule has 2 fully saturated rings. The number of nitrogen functional groups attached to an aromatic ring is 1. The van der Waals surface area contributed by atoms with Gasteiger partial charge in [0.15, 0.2) is 0 Å². The van der Waals surface area contributed by atoms with E-state index in [1.807, 2.05) is 6.07 Å². The lowest BCUT2D eigenvalue weighted by Gasteiger charge is -2.53. The van der Waals surface area contributed by atoms with E-state index in [1.54, 1.807) is 6.20 Å². The number of rotatable bonds is 1. The fourth-order valence-corrected chi connectivity index (χ4v) is 2.78. The molecule has 4 nitrogen and oxygen atoms in total. The first-order valence-corrected chi connectivity index (χ1v) is 6.35. The van der Waals surface area contributed by atoms with E-state index in [4.69, 9.17) is 22.1 Å².